The molecule has 0 saturated carbocycles. The van der Waals surface area contributed by atoms with Crippen LogP contribution in [0.5, 0.6) is 0 Å². The lowest BCUT2D eigenvalue weighted by molar-refractivity contribution is 0.581. The van der Waals surface area contributed by atoms with Crippen LogP contribution in [0.4, 0.5) is 0 Å². The standard InChI is InChI=1S/C13H14ClN3O2S/c14-13-2-1-12(7-11(13)8-15)20(18,19)17-9-10-3-5-16-6-4-10/h1-7,17H,8-9,15H2. The van der Waals surface area contributed by atoms with Crippen LogP contribution in [0.1, 0.15) is 11.1 Å². The minimum absolute atomic E-state index is 0.149. The van der Waals surface area contributed by atoms with E-state index in [1.807, 2.05) is 0 Å². The molecule has 0 atom stereocenters. The van der Waals surface area contributed by atoms with Gasteiger partial charge in [0.05, 0.1) is 4.90 Å². The topological polar surface area (TPSA) is 85.1 Å². The maximum atomic E-state index is 12.2. The first-order chi connectivity index (χ1) is 9.53. The number of pyridine rings is 1. The summed E-state index contributed by atoms with van der Waals surface area (Å²) in [6, 6.07) is 7.96. The fraction of sp³-hybridized carbons (Fsp3) is 0.154. The summed E-state index contributed by atoms with van der Waals surface area (Å²) in [4.78, 5) is 4.02. The van der Waals surface area contributed by atoms with Crippen molar-refractivity contribution in [3.05, 3.63) is 58.9 Å². The van der Waals surface area contributed by atoms with Gasteiger partial charge in [-0.15, -0.1) is 0 Å². The summed E-state index contributed by atoms with van der Waals surface area (Å²) >= 11 is 5.92. The fourth-order valence-corrected chi connectivity index (χ4v) is 2.90. The Bertz CT molecular complexity index is 690. The summed E-state index contributed by atoms with van der Waals surface area (Å²) in [7, 11) is -3.59. The average Bonchev–Trinajstić information content (AvgIpc) is 2.46. The van der Waals surface area contributed by atoms with Crippen molar-refractivity contribution in [3.63, 3.8) is 0 Å². The SMILES string of the molecule is NCc1cc(S(=O)(=O)NCc2ccncc2)ccc1Cl. The van der Waals surface area contributed by atoms with E-state index < -0.39 is 10.0 Å². The number of benzene rings is 1. The van der Waals surface area contributed by atoms with E-state index >= 15 is 0 Å². The Labute approximate surface area is 122 Å². The molecule has 2 aromatic rings. The molecule has 1 aromatic carbocycles. The smallest absolute Gasteiger partial charge is 0.240 e. The highest BCUT2D eigenvalue weighted by atomic mass is 35.5. The zero-order valence-electron chi connectivity index (χ0n) is 10.6. The molecular weight excluding hydrogens is 298 g/mol. The lowest BCUT2D eigenvalue weighted by Gasteiger charge is -2.09. The van der Waals surface area contributed by atoms with Gasteiger partial charge < -0.3 is 5.73 Å². The molecule has 7 heteroatoms. The predicted molar refractivity (Wildman–Crippen MR) is 77.6 cm³/mol. The summed E-state index contributed by atoms with van der Waals surface area (Å²) in [6.45, 7) is 0.387. The first-order valence-corrected chi connectivity index (χ1v) is 7.76. The quantitative estimate of drug-likeness (QED) is 0.879. The summed E-state index contributed by atoms with van der Waals surface area (Å²) in [5.41, 5.74) is 6.95. The molecule has 0 amide bonds. The van der Waals surface area contributed by atoms with E-state index in [1.165, 1.54) is 18.2 Å². The third kappa shape index (κ3) is 3.55. The number of sulfonamides is 1. The summed E-state index contributed by atoms with van der Waals surface area (Å²) in [5.74, 6) is 0. The largest absolute Gasteiger partial charge is 0.326 e. The van der Waals surface area contributed by atoms with Crippen LogP contribution in [-0.4, -0.2) is 13.4 Å². The van der Waals surface area contributed by atoms with Gasteiger partial charge in [-0.3, -0.25) is 4.98 Å². The molecule has 1 heterocycles. The summed E-state index contributed by atoms with van der Waals surface area (Å²) < 4.78 is 26.9. The van der Waals surface area contributed by atoms with Gasteiger partial charge in [0.1, 0.15) is 0 Å². The van der Waals surface area contributed by atoms with E-state index in [-0.39, 0.29) is 18.0 Å². The van der Waals surface area contributed by atoms with E-state index in [2.05, 4.69) is 9.71 Å². The van der Waals surface area contributed by atoms with Crippen LogP contribution in [0.25, 0.3) is 0 Å². The molecule has 0 fully saturated rings. The lowest BCUT2D eigenvalue weighted by Crippen LogP contribution is -2.23. The van der Waals surface area contributed by atoms with Crippen LogP contribution in [0.2, 0.25) is 5.02 Å². The van der Waals surface area contributed by atoms with E-state index in [1.54, 1.807) is 24.5 Å². The average molecular weight is 312 g/mol. The number of rotatable bonds is 5. The minimum Gasteiger partial charge on any atom is -0.326 e. The van der Waals surface area contributed by atoms with E-state index in [0.717, 1.165) is 5.56 Å². The first-order valence-electron chi connectivity index (χ1n) is 5.90. The van der Waals surface area contributed by atoms with Crippen molar-refractivity contribution >= 4 is 21.6 Å². The van der Waals surface area contributed by atoms with Gasteiger partial charge in [0.2, 0.25) is 10.0 Å². The van der Waals surface area contributed by atoms with Crippen molar-refractivity contribution in [1.29, 1.82) is 0 Å². The summed E-state index contributed by atoms with van der Waals surface area (Å²) in [6.07, 6.45) is 3.22. The molecule has 2 rings (SSSR count). The van der Waals surface area contributed by atoms with Crippen molar-refractivity contribution in [3.8, 4) is 0 Å². The number of hydrogen-bond donors (Lipinski definition) is 2. The van der Waals surface area contributed by atoms with Crippen molar-refractivity contribution in [1.82, 2.24) is 9.71 Å². The van der Waals surface area contributed by atoms with Crippen molar-refractivity contribution < 1.29 is 8.42 Å². The van der Waals surface area contributed by atoms with Gasteiger partial charge in [-0.05, 0) is 41.5 Å². The molecule has 0 spiro atoms. The maximum Gasteiger partial charge on any atom is 0.240 e. The third-order valence-corrected chi connectivity index (χ3v) is 4.53. The third-order valence-electron chi connectivity index (χ3n) is 2.76. The molecule has 1 aromatic heterocycles. The van der Waals surface area contributed by atoms with Crippen molar-refractivity contribution in [2.75, 3.05) is 0 Å². The fourth-order valence-electron chi connectivity index (χ4n) is 1.64. The highest BCUT2D eigenvalue weighted by molar-refractivity contribution is 7.89. The zero-order chi connectivity index (χ0) is 14.6. The Kier molecular flexibility index (Phi) is 4.72. The molecule has 3 N–H and O–H groups in total. The van der Waals surface area contributed by atoms with Gasteiger partial charge in [0.25, 0.3) is 0 Å². The molecule has 0 aliphatic heterocycles. The number of hydrogen-bond acceptors (Lipinski definition) is 4. The molecule has 0 radical (unpaired) electrons. The van der Waals surface area contributed by atoms with Gasteiger partial charge in [0, 0.05) is 30.5 Å². The maximum absolute atomic E-state index is 12.2. The second-order valence-corrected chi connectivity index (χ2v) is 6.31. The van der Waals surface area contributed by atoms with Gasteiger partial charge in [-0.1, -0.05) is 11.6 Å². The molecule has 20 heavy (non-hydrogen) atoms. The molecule has 0 unspecified atom stereocenters. The first kappa shape index (κ1) is 14.9. The highest BCUT2D eigenvalue weighted by Crippen LogP contribution is 2.20. The van der Waals surface area contributed by atoms with Gasteiger partial charge in [-0.25, -0.2) is 13.1 Å². The van der Waals surface area contributed by atoms with E-state index in [4.69, 9.17) is 17.3 Å². The minimum atomic E-state index is -3.59. The molecule has 106 valence electrons. The molecule has 0 aliphatic carbocycles. The molecule has 0 bridgehead atoms. The van der Waals surface area contributed by atoms with Crippen molar-refractivity contribution in [2.45, 2.75) is 18.0 Å². The summed E-state index contributed by atoms with van der Waals surface area (Å²) in [5, 5.41) is 0.459. The van der Waals surface area contributed by atoms with Crippen molar-refractivity contribution in [2.24, 2.45) is 5.73 Å². The Morgan fingerprint density at radius 1 is 1.20 bits per heavy atom. The normalized spacial score (nSPS) is 11.5. The molecular formula is C13H14ClN3O2S. The van der Waals surface area contributed by atoms with Crippen LogP contribution in [0, 0.1) is 0 Å². The highest BCUT2D eigenvalue weighted by Gasteiger charge is 2.15. The number of halogens is 1. The van der Waals surface area contributed by atoms with E-state index in [0.29, 0.717) is 10.6 Å². The van der Waals surface area contributed by atoms with Gasteiger partial charge >= 0.3 is 0 Å². The van der Waals surface area contributed by atoms with Gasteiger partial charge in [-0.2, -0.15) is 0 Å². The zero-order valence-corrected chi connectivity index (χ0v) is 12.2. The number of nitrogens with two attached hydrogens (primary N) is 1. The second kappa shape index (κ2) is 6.32. The monoisotopic (exact) mass is 311 g/mol. The second-order valence-electron chi connectivity index (χ2n) is 4.14. The van der Waals surface area contributed by atoms with E-state index in [9.17, 15) is 8.42 Å². The Morgan fingerprint density at radius 3 is 2.55 bits per heavy atom. The van der Waals surface area contributed by atoms with Crippen LogP contribution >= 0.6 is 11.6 Å². The Morgan fingerprint density at radius 2 is 1.90 bits per heavy atom. The van der Waals surface area contributed by atoms with Crippen LogP contribution < -0.4 is 10.5 Å². The number of nitrogens with zero attached hydrogens (tertiary/aromatic N) is 1. The Hall–Kier alpha value is -1.47. The lowest BCUT2D eigenvalue weighted by atomic mass is 10.2. The molecule has 0 aliphatic rings. The number of nitrogens with one attached hydrogen (secondary N) is 1. The van der Waals surface area contributed by atoms with Crippen LogP contribution in [0.15, 0.2) is 47.6 Å². The van der Waals surface area contributed by atoms with Crippen LogP contribution in [-0.2, 0) is 23.1 Å². The van der Waals surface area contributed by atoms with Gasteiger partial charge in [0.15, 0.2) is 0 Å². The molecule has 0 saturated heterocycles. The van der Waals surface area contributed by atoms with Crippen LogP contribution in [0.3, 0.4) is 0 Å². The molecule has 5 nitrogen and oxygen atoms in total. The Balaban J connectivity index is 2.18. The number of aromatic nitrogens is 1. The predicted octanol–water partition coefficient (Wildman–Crippen LogP) is 1.67.